The van der Waals surface area contributed by atoms with Crippen molar-refractivity contribution in [2.24, 2.45) is 0 Å². The predicted molar refractivity (Wildman–Crippen MR) is 74.1 cm³/mol. The van der Waals surface area contributed by atoms with Crippen molar-refractivity contribution in [1.29, 1.82) is 0 Å². The summed E-state index contributed by atoms with van der Waals surface area (Å²) in [6, 6.07) is 0. The maximum absolute atomic E-state index is 12.2. The van der Waals surface area contributed by atoms with Crippen LogP contribution in [0.15, 0.2) is 17.2 Å². The Kier molecular flexibility index (Phi) is 4.36. The first-order valence-electron chi connectivity index (χ1n) is 6.58. The van der Waals surface area contributed by atoms with E-state index in [0.29, 0.717) is 12.1 Å². The lowest BCUT2D eigenvalue weighted by molar-refractivity contribution is -0.141. The number of hydrogen-bond donors (Lipinski definition) is 2. The molecule has 0 aromatic rings. The number of ether oxygens (including phenoxy) is 1. The van der Waals surface area contributed by atoms with Gasteiger partial charge < -0.3 is 14.6 Å². The van der Waals surface area contributed by atoms with Crippen molar-refractivity contribution in [2.45, 2.75) is 20.4 Å². The van der Waals surface area contributed by atoms with Crippen molar-refractivity contribution in [2.75, 3.05) is 13.2 Å². The van der Waals surface area contributed by atoms with Crippen LogP contribution in [0.5, 0.6) is 0 Å². The standard InChI is InChI=1S/C13H16N4O4/c1-3-17-6-8(11-9(7-17)13(20)16-15-11)12(19)14-5-10(18)21-4-2/h6-7H,3-5H2,1-2H3,(H,14,19)(H,16,20). The van der Waals surface area contributed by atoms with Crippen LogP contribution in [0, 0.1) is 0 Å². The molecule has 2 rings (SSSR count). The largest absolute Gasteiger partial charge is 0.465 e. The first-order valence-corrected chi connectivity index (χ1v) is 6.58. The highest BCUT2D eigenvalue weighted by molar-refractivity contribution is 6.00. The third-order valence-electron chi connectivity index (χ3n) is 2.92. The lowest BCUT2D eigenvalue weighted by Crippen LogP contribution is -2.31. The molecule has 2 aliphatic heterocycles. The monoisotopic (exact) mass is 292 g/mol. The second kappa shape index (κ2) is 6.21. The molecule has 1 amide bonds. The van der Waals surface area contributed by atoms with Crippen LogP contribution in [0.4, 0.5) is 0 Å². The number of nitrogens with zero attached hydrogens (tertiary/aromatic N) is 2. The minimum atomic E-state index is -0.520. The van der Waals surface area contributed by atoms with Gasteiger partial charge in [0, 0.05) is 18.9 Å². The number of carbonyl (C=O) groups excluding carboxylic acids is 2. The summed E-state index contributed by atoms with van der Waals surface area (Å²) in [5.41, 5.74) is 0.496. The molecule has 0 saturated carbocycles. The van der Waals surface area contributed by atoms with Gasteiger partial charge in [-0.05, 0) is 13.8 Å². The molecule has 0 aromatic carbocycles. The van der Waals surface area contributed by atoms with Crippen LogP contribution >= 0.6 is 0 Å². The number of hydrogen-bond acceptors (Lipinski definition) is 5. The molecule has 8 nitrogen and oxygen atoms in total. The number of amides is 1. The molecule has 0 atom stereocenters. The number of fused-ring (bicyclic) bond motifs is 1. The van der Waals surface area contributed by atoms with Crippen LogP contribution < -0.4 is 10.9 Å². The third kappa shape index (κ3) is 3.10. The van der Waals surface area contributed by atoms with E-state index >= 15 is 0 Å². The topological polar surface area (TPSA) is 106 Å². The number of aromatic amines is 1. The molecule has 2 aliphatic rings. The van der Waals surface area contributed by atoms with Crippen LogP contribution in [-0.2, 0) is 16.1 Å². The fraction of sp³-hybridized carbons (Fsp3) is 0.385. The van der Waals surface area contributed by atoms with Crippen molar-refractivity contribution >= 4 is 11.9 Å². The van der Waals surface area contributed by atoms with Gasteiger partial charge in [0.2, 0.25) is 0 Å². The van der Waals surface area contributed by atoms with Gasteiger partial charge in [-0.2, -0.15) is 5.10 Å². The van der Waals surface area contributed by atoms with Crippen LogP contribution in [0.1, 0.15) is 24.2 Å². The third-order valence-corrected chi connectivity index (χ3v) is 2.92. The van der Waals surface area contributed by atoms with Gasteiger partial charge in [-0.15, -0.1) is 0 Å². The van der Waals surface area contributed by atoms with Gasteiger partial charge in [-0.3, -0.25) is 14.4 Å². The zero-order valence-electron chi connectivity index (χ0n) is 11.8. The average Bonchev–Trinajstić information content (AvgIpc) is 2.85. The van der Waals surface area contributed by atoms with E-state index in [1.807, 2.05) is 6.92 Å². The molecule has 2 heterocycles. The summed E-state index contributed by atoms with van der Waals surface area (Å²) in [6.07, 6.45) is 3.21. The molecule has 0 saturated heterocycles. The fourth-order valence-corrected chi connectivity index (χ4v) is 1.90. The van der Waals surface area contributed by atoms with E-state index < -0.39 is 11.9 Å². The number of pyridine rings is 1. The van der Waals surface area contributed by atoms with Gasteiger partial charge in [0.05, 0.1) is 17.7 Å². The van der Waals surface area contributed by atoms with Gasteiger partial charge in [-0.25, -0.2) is 5.10 Å². The molecule has 0 unspecified atom stereocenters. The first-order chi connectivity index (χ1) is 10.1. The Morgan fingerprint density at radius 3 is 2.81 bits per heavy atom. The summed E-state index contributed by atoms with van der Waals surface area (Å²) >= 11 is 0. The first kappa shape index (κ1) is 14.8. The Labute approximate surface area is 120 Å². The van der Waals surface area contributed by atoms with E-state index in [0.717, 1.165) is 0 Å². The van der Waals surface area contributed by atoms with Crippen molar-refractivity contribution in [3.05, 3.63) is 28.3 Å². The summed E-state index contributed by atoms with van der Waals surface area (Å²) in [5, 5.41) is 8.62. The lowest BCUT2D eigenvalue weighted by atomic mass is 10.1. The number of aryl methyl sites for hydroxylation is 1. The Morgan fingerprint density at radius 1 is 1.38 bits per heavy atom. The zero-order valence-corrected chi connectivity index (χ0v) is 11.8. The van der Waals surface area contributed by atoms with Crippen molar-refractivity contribution < 1.29 is 14.3 Å². The fourth-order valence-electron chi connectivity index (χ4n) is 1.90. The molecule has 0 bridgehead atoms. The molecule has 0 fully saturated rings. The smallest absolute Gasteiger partial charge is 0.325 e. The second-order valence-corrected chi connectivity index (χ2v) is 4.31. The minimum absolute atomic E-state index is 0.232. The van der Waals surface area contributed by atoms with E-state index in [2.05, 4.69) is 15.5 Å². The van der Waals surface area contributed by atoms with Gasteiger partial charge in [0.25, 0.3) is 11.5 Å². The quantitative estimate of drug-likeness (QED) is 0.754. The number of aromatic nitrogens is 3. The SMILES string of the molecule is CCOC(=O)CNC(=O)c1cn(CC)cc2c(=O)[nH]nc1-2. The Morgan fingerprint density at radius 2 is 2.14 bits per heavy atom. The number of carbonyl (C=O) groups is 2. The van der Waals surface area contributed by atoms with Crippen LogP contribution in [0.3, 0.4) is 0 Å². The van der Waals surface area contributed by atoms with Crippen molar-refractivity contribution in [3.8, 4) is 11.3 Å². The van der Waals surface area contributed by atoms with Crippen LogP contribution in [0.25, 0.3) is 11.3 Å². The van der Waals surface area contributed by atoms with Gasteiger partial charge >= 0.3 is 5.97 Å². The molecule has 8 heteroatoms. The van der Waals surface area contributed by atoms with E-state index in [1.165, 1.54) is 0 Å². The molecule has 112 valence electrons. The highest BCUT2D eigenvalue weighted by Gasteiger charge is 2.21. The maximum Gasteiger partial charge on any atom is 0.325 e. The number of esters is 1. The summed E-state index contributed by atoms with van der Waals surface area (Å²) in [6.45, 7) is 4.18. The zero-order chi connectivity index (χ0) is 15.4. The molecule has 0 aromatic heterocycles. The Bertz CT molecular complexity index is 688. The summed E-state index contributed by atoms with van der Waals surface area (Å²) in [4.78, 5) is 35.0. The van der Waals surface area contributed by atoms with Crippen LogP contribution in [0.2, 0.25) is 0 Å². The van der Waals surface area contributed by atoms with E-state index in [4.69, 9.17) is 4.74 Å². The Hall–Kier alpha value is -2.64. The average molecular weight is 292 g/mol. The van der Waals surface area contributed by atoms with E-state index in [9.17, 15) is 14.4 Å². The highest BCUT2D eigenvalue weighted by Crippen LogP contribution is 2.19. The van der Waals surface area contributed by atoms with Gasteiger partial charge in [0.15, 0.2) is 0 Å². The summed E-state index contributed by atoms with van der Waals surface area (Å²) < 4.78 is 6.44. The molecule has 21 heavy (non-hydrogen) atoms. The number of rotatable bonds is 5. The van der Waals surface area contributed by atoms with Gasteiger partial charge in [0.1, 0.15) is 12.2 Å². The van der Waals surface area contributed by atoms with Crippen LogP contribution in [-0.4, -0.2) is 39.8 Å². The molecule has 0 aliphatic carbocycles. The predicted octanol–water partition coefficient (Wildman–Crippen LogP) is -0.0110. The van der Waals surface area contributed by atoms with E-state index in [1.54, 1.807) is 23.9 Å². The minimum Gasteiger partial charge on any atom is -0.465 e. The summed E-state index contributed by atoms with van der Waals surface area (Å²) in [7, 11) is 0. The van der Waals surface area contributed by atoms with Crippen molar-refractivity contribution in [1.82, 2.24) is 20.1 Å². The Balaban J connectivity index is 2.26. The molecular weight excluding hydrogens is 276 g/mol. The van der Waals surface area contributed by atoms with E-state index in [-0.39, 0.29) is 30.0 Å². The maximum atomic E-state index is 12.2. The normalized spacial score (nSPS) is 10.6. The van der Waals surface area contributed by atoms with Gasteiger partial charge in [-0.1, -0.05) is 0 Å². The number of nitrogens with one attached hydrogen (secondary N) is 2. The number of H-pyrrole nitrogens is 1. The second-order valence-electron chi connectivity index (χ2n) is 4.31. The van der Waals surface area contributed by atoms with Crippen molar-refractivity contribution in [3.63, 3.8) is 0 Å². The highest BCUT2D eigenvalue weighted by atomic mass is 16.5. The molecule has 0 spiro atoms. The lowest BCUT2D eigenvalue weighted by Gasteiger charge is -2.11. The summed E-state index contributed by atoms with van der Waals surface area (Å²) in [5.74, 6) is -1.00. The molecule has 2 N–H and O–H groups in total. The molecular formula is C13H16N4O4. The molecule has 0 radical (unpaired) electrons.